The second-order valence-corrected chi connectivity index (χ2v) is 17.4. The minimum Gasteiger partial charge on any atom is -0.455 e. The fourth-order valence-electron chi connectivity index (χ4n) is 12.4. The Hall–Kier alpha value is -1.07. The van der Waals surface area contributed by atoms with Gasteiger partial charge >= 0.3 is 5.97 Å². The first kappa shape index (κ1) is 31.5. The second-order valence-electron chi connectivity index (χ2n) is 17.4. The summed E-state index contributed by atoms with van der Waals surface area (Å²) >= 11 is 0. The molecule has 248 valence electrons. The largest absolute Gasteiger partial charge is 0.455 e. The summed E-state index contributed by atoms with van der Waals surface area (Å²) < 4.78 is 18.0. The van der Waals surface area contributed by atoms with Gasteiger partial charge < -0.3 is 39.7 Å². The molecule has 7 fully saturated rings. The Labute approximate surface area is 261 Å². The van der Waals surface area contributed by atoms with E-state index in [1.807, 2.05) is 6.92 Å². The maximum atomic E-state index is 13.6. The van der Waals surface area contributed by atoms with Crippen LogP contribution in [0.4, 0.5) is 0 Å². The van der Waals surface area contributed by atoms with Gasteiger partial charge in [-0.1, -0.05) is 34.6 Å². The van der Waals surface area contributed by atoms with Gasteiger partial charge in [0.2, 0.25) is 0 Å². The zero-order valence-electron chi connectivity index (χ0n) is 27.6. The molecule has 0 aromatic carbocycles. The van der Waals surface area contributed by atoms with Gasteiger partial charge in [0.1, 0.15) is 29.5 Å². The third-order valence-corrected chi connectivity index (χ3v) is 15.4. The van der Waals surface area contributed by atoms with E-state index in [0.717, 1.165) is 43.3 Å². The van der Waals surface area contributed by atoms with Crippen molar-refractivity contribution in [3.05, 3.63) is 11.1 Å². The SMILES string of the molecule is CC1(C)[C@@H](O[C@@H]2OC[C@H](O)[C@H](O)[C@H]2O)CC[C@]2(C)[C@H]3C[C@@H](O)C4=C5[C@]6(CC[C@](C)(OC6=O)[C@@]5(C)O)CC[C@@]4(C)[C@]3(C)CC[C@@H]12. The summed E-state index contributed by atoms with van der Waals surface area (Å²) in [6.45, 7) is 15.2. The zero-order chi connectivity index (χ0) is 32.0. The molecule has 5 aliphatic carbocycles. The fourth-order valence-corrected chi connectivity index (χ4v) is 12.4. The first-order chi connectivity index (χ1) is 20.3. The van der Waals surface area contributed by atoms with Crippen molar-refractivity contribution in [1.82, 2.24) is 0 Å². The molecule has 3 heterocycles. The summed E-state index contributed by atoms with van der Waals surface area (Å²) in [5, 5.41) is 55.2. The Kier molecular flexibility index (Phi) is 6.66. The highest BCUT2D eigenvalue weighted by Gasteiger charge is 2.75. The van der Waals surface area contributed by atoms with Gasteiger partial charge in [-0.2, -0.15) is 0 Å². The third-order valence-electron chi connectivity index (χ3n) is 15.4. The lowest BCUT2D eigenvalue weighted by molar-refractivity contribution is -0.309. The lowest BCUT2D eigenvalue weighted by Gasteiger charge is -2.73. The van der Waals surface area contributed by atoms with E-state index in [0.29, 0.717) is 25.7 Å². The number of rotatable bonds is 2. The Bertz CT molecular complexity index is 1280. The number of fused-ring (bicyclic) bond motifs is 7. The van der Waals surface area contributed by atoms with Crippen molar-refractivity contribution in [2.75, 3.05) is 6.61 Å². The van der Waals surface area contributed by atoms with Gasteiger partial charge in [0.05, 0.1) is 24.2 Å². The molecule has 8 aliphatic rings. The molecule has 8 rings (SSSR count). The standard InChI is InChI=1S/C35H54O9/c1-29(2)20-8-11-31(4)21(30(20,3)10-9-22(29)43-27-25(39)24(38)19(37)17-42-27)16-18(36)23-26-34(7,41)33(6)13-15-35(26,28(40)44-33)14-12-32(23,31)5/h18-22,24-25,27,36-39,41H,8-17H2,1-7H3/t18-,19+,20+,21-,22+,24+,25-,27+,30+,31-,32-,33+,34+,35-/m1/s1. The molecule has 2 bridgehead atoms. The summed E-state index contributed by atoms with van der Waals surface area (Å²) in [5.41, 5.74) is -2.41. The van der Waals surface area contributed by atoms with Crippen LogP contribution in [0.3, 0.4) is 0 Å². The first-order valence-electron chi connectivity index (χ1n) is 17.0. The molecule has 9 heteroatoms. The molecule has 4 saturated carbocycles. The maximum absolute atomic E-state index is 13.6. The molecular formula is C35H54O9. The summed E-state index contributed by atoms with van der Waals surface area (Å²) in [6, 6.07) is 0. The number of hydrogen-bond donors (Lipinski definition) is 5. The Morgan fingerprint density at radius 2 is 1.50 bits per heavy atom. The van der Waals surface area contributed by atoms with E-state index in [-0.39, 0.29) is 52.2 Å². The molecule has 0 aromatic rings. The van der Waals surface area contributed by atoms with Crippen LogP contribution in [0.15, 0.2) is 11.1 Å². The molecule has 0 unspecified atom stereocenters. The zero-order valence-corrected chi connectivity index (χ0v) is 27.6. The Morgan fingerprint density at radius 1 is 0.818 bits per heavy atom. The maximum Gasteiger partial charge on any atom is 0.317 e. The summed E-state index contributed by atoms with van der Waals surface area (Å²) in [5.74, 6) is 0.270. The molecule has 0 aromatic heterocycles. The van der Waals surface area contributed by atoms with Crippen LogP contribution in [-0.4, -0.2) is 86.1 Å². The van der Waals surface area contributed by atoms with E-state index in [2.05, 4.69) is 34.6 Å². The quantitative estimate of drug-likeness (QED) is 0.179. The number of carbonyl (C=O) groups excluding carboxylic acids is 1. The summed E-state index contributed by atoms with van der Waals surface area (Å²) in [6.07, 6.45) is 1.12. The van der Waals surface area contributed by atoms with Crippen molar-refractivity contribution in [1.29, 1.82) is 0 Å². The van der Waals surface area contributed by atoms with Crippen molar-refractivity contribution in [3.63, 3.8) is 0 Å². The van der Waals surface area contributed by atoms with Gasteiger partial charge in [0.25, 0.3) is 0 Å². The van der Waals surface area contributed by atoms with Crippen LogP contribution in [0.5, 0.6) is 0 Å². The number of aliphatic hydroxyl groups excluding tert-OH is 4. The highest BCUT2D eigenvalue weighted by Crippen LogP contribution is 2.77. The van der Waals surface area contributed by atoms with Crippen LogP contribution in [-0.2, 0) is 19.0 Å². The van der Waals surface area contributed by atoms with Crippen molar-refractivity contribution in [2.24, 2.45) is 38.9 Å². The highest BCUT2D eigenvalue weighted by molar-refractivity contribution is 5.86. The molecule has 9 nitrogen and oxygen atoms in total. The summed E-state index contributed by atoms with van der Waals surface area (Å²) in [7, 11) is 0. The molecule has 5 N–H and O–H groups in total. The second kappa shape index (κ2) is 9.30. The van der Waals surface area contributed by atoms with E-state index in [4.69, 9.17) is 14.2 Å². The molecule has 0 amide bonds. The molecule has 3 saturated heterocycles. The monoisotopic (exact) mass is 618 g/mol. The normalized spacial score (nSPS) is 58.0. The van der Waals surface area contributed by atoms with Crippen LogP contribution in [0.2, 0.25) is 0 Å². The number of ether oxygens (including phenoxy) is 3. The fraction of sp³-hybridized carbons (Fsp3) is 0.914. The van der Waals surface area contributed by atoms with Gasteiger partial charge in [-0.25, -0.2) is 0 Å². The Balaban J connectivity index is 1.24. The van der Waals surface area contributed by atoms with Crippen LogP contribution in [0.25, 0.3) is 0 Å². The molecule has 1 spiro atoms. The smallest absolute Gasteiger partial charge is 0.317 e. The van der Waals surface area contributed by atoms with Crippen molar-refractivity contribution < 1.29 is 44.5 Å². The lowest BCUT2D eigenvalue weighted by atomic mass is 9.33. The molecule has 3 aliphatic heterocycles. The average molecular weight is 619 g/mol. The van der Waals surface area contributed by atoms with Crippen LogP contribution >= 0.6 is 0 Å². The van der Waals surface area contributed by atoms with E-state index < -0.39 is 47.3 Å². The number of carbonyl (C=O) groups is 1. The molecule has 14 atom stereocenters. The summed E-state index contributed by atoms with van der Waals surface area (Å²) in [4.78, 5) is 13.6. The lowest BCUT2D eigenvalue weighted by Crippen LogP contribution is -2.72. The van der Waals surface area contributed by atoms with Crippen LogP contribution < -0.4 is 0 Å². The van der Waals surface area contributed by atoms with E-state index in [1.165, 1.54) is 0 Å². The number of esters is 1. The molecule has 0 radical (unpaired) electrons. The third kappa shape index (κ3) is 3.58. The molecular weight excluding hydrogens is 564 g/mol. The molecule has 44 heavy (non-hydrogen) atoms. The van der Waals surface area contributed by atoms with Crippen molar-refractivity contribution in [3.8, 4) is 0 Å². The van der Waals surface area contributed by atoms with Crippen LogP contribution in [0.1, 0.15) is 106 Å². The minimum absolute atomic E-state index is 0.0863. The van der Waals surface area contributed by atoms with Crippen LogP contribution in [0, 0.1) is 38.9 Å². The average Bonchev–Trinajstić information content (AvgIpc) is 2.93. The Morgan fingerprint density at radius 3 is 2.18 bits per heavy atom. The van der Waals surface area contributed by atoms with E-state index in [1.54, 1.807) is 6.92 Å². The van der Waals surface area contributed by atoms with Gasteiger partial charge in [0, 0.05) is 0 Å². The topological polar surface area (TPSA) is 146 Å². The van der Waals surface area contributed by atoms with Gasteiger partial charge in [-0.15, -0.1) is 0 Å². The van der Waals surface area contributed by atoms with Crippen molar-refractivity contribution >= 4 is 5.97 Å². The highest BCUT2D eigenvalue weighted by atomic mass is 16.7. The first-order valence-corrected chi connectivity index (χ1v) is 17.0. The predicted octanol–water partition coefficient (Wildman–Crippen LogP) is 3.38. The predicted molar refractivity (Wildman–Crippen MR) is 160 cm³/mol. The van der Waals surface area contributed by atoms with E-state index >= 15 is 0 Å². The van der Waals surface area contributed by atoms with Gasteiger partial charge in [0.15, 0.2) is 6.29 Å². The minimum atomic E-state index is -1.34. The number of hydrogen-bond acceptors (Lipinski definition) is 9. The van der Waals surface area contributed by atoms with Crippen molar-refractivity contribution in [2.45, 2.75) is 154 Å². The number of aliphatic hydroxyl groups is 5. The van der Waals surface area contributed by atoms with Gasteiger partial charge in [-0.05, 0) is 116 Å². The van der Waals surface area contributed by atoms with E-state index in [9.17, 15) is 30.3 Å². The van der Waals surface area contributed by atoms with Gasteiger partial charge in [-0.3, -0.25) is 4.79 Å².